The fourth-order valence-corrected chi connectivity index (χ4v) is 1.38. The molecule has 0 fully saturated rings. The Labute approximate surface area is 110 Å². The maximum absolute atomic E-state index is 11.7. The van der Waals surface area contributed by atoms with Crippen molar-refractivity contribution >= 4 is 17.5 Å². The van der Waals surface area contributed by atoms with Gasteiger partial charge in [-0.1, -0.05) is 19.9 Å². The second-order valence-corrected chi connectivity index (χ2v) is 4.41. The van der Waals surface area contributed by atoms with Gasteiger partial charge in [-0.2, -0.15) is 0 Å². The number of amides is 2. The zero-order valence-corrected chi connectivity index (χ0v) is 10.7. The van der Waals surface area contributed by atoms with E-state index in [0.29, 0.717) is 0 Å². The summed E-state index contributed by atoms with van der Waals surface area (Å²) in [6.45, 7) is 3.75. The fourth-order valence-electron chi connectivity index (χ4n) is 1.38. The number of nitro benzene ring substituents is 1. The van der Waals surface area contributed by atoms with Crippen molar-refractivity contribution in [2.24, 2.45) is 5.92 Å². The molecule has 1 rings (SSSR count). The zero-order valence-electron chi connectivity index (χ0n) is 10.7. The average Bonchev–Trinajstić information content (AvgIpc) is 2.35. The molecule has 0 saturated heterocycles. The zero-order chi connectivity index (χ0) is 14.4. The molecule has 102 valence electrons. The summed E-state index contributed by atoms with van der Waals surface area (Å²) in [7, 11) is 0. The van der Waals surface area contributed by atoms with Gasteiger partial charge in [-0.05, 0) is 12.0 Å². The Morgan fingerprint density at radius 2 is 2.00 bits per heavy atom. The first-order chi connectivity index (χ1) is 8.90. The van der Waals surface area contributed by atoms with Gasteiger partial charge in [0.15, 0.2) is 0 Å². The van der Waals surface area contributed by atoms with Gasteiger partial charge in [0.25, 0.3) is 11.6 Å². The third kappa shape index (κ3) is 4.74. The molecule has 0 heterocycles. The molecule has 0 atom stereocenters. The molecule has 0 bridgehead atoms. The van der Waals surface area contributed by atoms with Gasteiger partial charge in [0.1, 0.15) is 0 Å². The van der Waals surface area contributed by atoms with Crippen molar-refractivity contribution in [1.82, 2.24) is 10.9 Å². The molecule has 0 unspecified atom stereocenters. The highest BCUT2D eigenvalue weighted by Gasteiger charge is 2.12. The highest BCUT2D eigenvalue weighted by Crippen LogP contribution is 2.12. The van der Waals surface area contributed by atoms with E-state index in [1.54, 1.807) is 0 Å². The SMILES string of the molecule is CC(C)CC(=O)NNC(=O)c1cccc([N+](=O)[O-])c1. The number of carbonyl (C=O) groups excluding carboxylic acids is 2. The van der Waals surface area contributed by atoms with E-state index in [9.17, 15) is 19.7 Å². The van der Waals surface area contributed by atoms with Crippen LogP contribution >= 0.6 is 0 Å². The standard InChI is InChI=1S/C12H15N3O4/c1-8(2)6-11(16)13-14-12(17)9-4-3-5-10(7-9)15(18)19/h3-5,7-8H,6H2,1-2H3,(H,13,16)(H,14,17). The summed E-state index contributed by atoms with van der Waals surface area (Å²) >= 11 is 0. The number of rotatable bonds is 4. The lowest BCUT2D eigenvalue weighted by Crippen LogP contribution is -2.42. The molecule has 19 heavy (non-hydrogen) atoms. The summed E-state index contributed by atoms with van der Waals surface area (Å²) in [5, 5.41) is 10.6. The number of hydrazine groups is 1. The number of benzene rings is 1. The number of nitrogens with zero attached hydrogens (tertiary/aromatic N) is 1. The largest absolute Gasteiger partial charge is 0.273 e. The van der Waals surface area contributed by atoms with Crippen LogP contribution in [0.25, 0.3) is 0 Å². The number of non-ortho nitro benzene ring substituents is 1. The average molecular weight is 265 g/mol. The van der Waals surface area contributed by atoms with Crippen molar-refractivity contribution < 1.29 is 14.5 Å². The van der Waals surface area contributed by atoms with Gasteiger partial charge in [-0.15, -0.1) is 0 Å². The van der Waals surface area contributed by atoms with Crippen LogP contribution in [-0.2, 0) is 4.79 Å². The van der Waals surface area contributed by atoms with Gasteiger partial charge in [0.2, 0.25) is 5.91 Å². The first kappa shape index (κ1) is 14.6. The van der Waals surface area contributed by atoms with Gasteiger partial charge in [0.05, 0.1) is 4.92 Å². The van der Waals surface area contributed by atoms with E-state index in [4.69, 9.17) is 0 Å². The summed E-state index contributed by atoms with van der Waals surface area (Å²) in [6.07, 6.45) is 0.287. The minimum Gasteiger partial charge on any atom is -0.273 e. The number of nitrogens with one attached hydrogen (secondary N) is 2. The Hall–Kier alpha value is -2.44. The minimum atomic E-state index is -0.596. The Balaban J connectivity index is 2.61. The maximum atomic E-state index is 11.7. The van der Waals surface area contributed by atoms with E-state index in [0.717, 1.165) is 6.07 Å². The van der Waals surface area contributed by atoms with Crippen LogP contribution in [0.2, 0.25) is 0 Å². The van der Waals surface area contributed by atoms with Crippen molar-refractivity contribution in [2.45, 2.75) is 20.3 Å². The second-order valence-electron chi connectivity index (χ2n) is 4.41. The first-order valence-corrected chi connectivity index (χ1v) is 5.73. The predicted molar refractivity (Wildman–Crippen MR) is 68.2 cm³/mol. The van der Waals surface area contributed by atoms with E-state index >= 15 is 0 Å². The van der Waals surface area contributed by atoms with Crippen LogP contribution in [0.5, 0.6) is 0 Å². The third-order valence-electron chi connectivity index (χ3n) is 2.23. The molecule has 2 amide bonds. The van der Waals surface area contributed by atoms with Crippen LogP contribution < -0.4 is 10.9 Å². The number of hydrogen-bond acceptors (Lipinski definition) is 4. The smallest absolute Gasteiger partial charge is 0.270 e. The van der Waals surface area contributed by atoms with Gasteiger partial charge in [0, 0.05) is 24.1 Å². The number of carbonyl (C=O) groups is 2. The maximum Gasteiger partial charge on any atom is 0.270 e. The van der Waals surface area contributed by atoms with Crippen molar-refractivity contribution in [2.75, 3.05) is 0 Å². The second kappa shape index (κ2) is 6.48. The summed E-state index contributed by atoms with van der Waals surface area (Å²) < 4.78 is 0. The molecule has 0 aliphatic carbocycles. The molecule has 0 aliphatic rings. The molecular formula is C12H15N3O4. The molecule has 0 saturated carbocycles. The minimum absolute atomic E-state index is 0.110. The van der Waals surface area contributed by atoms with Crippen LogP contribution in [0.15, 0.2) is 24.3 Å². The first-order valence-electron chi connectivity index (χ1n) is 5.73. The van der Waals surface area contributed by atoms with E-state index in [2.05, 4.69) is 10.9 Å². The van der Waals surface area contributed by atoms with Crippen LogP contribution in [-0.4, -0.2) is 16.7 Å². The van der Waals surface area contributed by atoms with Crippen molar-refractivity contribution in [3.63, 3.8) is 0 Å². The summed E-state index contributed by atoms with van der Waals surface area (Å²) in [5.74, 6) is -0.732. The van der Waals surface area contributed by atoms with Crippen molar-refractivity contribution in [1.29, 1.82) is 0 Å². The van der Waals surface area contributed by atoms with E-state index < -0.39 is 10.8 Å². The lowest BCUT2D eigenvalue weighted by atomic mass is 10.1. The Bertz CT molecular complexity index is 500. The molecule has 0 radical (unpaired) electrons. The normalized spacial score (nSPS) is 10.1. The lowest BCUT2D eigenvalue weighted by molar-refractivity contribution is -0.384. The molecule has 1 aromatic carbocycles. The van der Waals surface area contributed by atoms with Gasteiger partial charge in [-0.25, -0.2) is 0 Å². The van der Waals surface area contributed by atoms with Crippen LogP contribution in [0.3, 0.4) is 0 Å². The van der Waals surface area contributed by atoms with Crippen LogP contribution in [0.4, 0.5) is 5.69 Å². The summed E-state index contributed by atoms with van der Waals surface area (Å²) in [4.78, 5) is 33.0. The van der Waals surface area contributed by atoms with Crippen molar-refractivity contribution in [3.8, 4) is 0 Å². The van der Waals surface area contributed by atoms with Crippen LogP contribution in [0.1, 0.15) is 30.6 Å². The molecule has 7 heteroatoms. The molecule has 0 aromatic heterocycles. The van der Waals surface area contributed by atoms with Crippen LogP contribution in [0, 0.1) is 16.0 Å². The lowest BCUT2D eigenvalue weighted by Gasteiger charge is -2.08. The summed E-state index contributed by atoms with van der Waals surface area (Å²) in [5.41, 5.74) is 4.39. The quantitative estimate of drug-likeness (QED) is 0.634. The highest BCUT2D eigenvalue weighted by atomic mass is 16.6. The highest BCUT2D eigenvalue weighted by molar-refractivity contribution is 5.95. The molecule has 0 aliphatic heterocycles. The summed E-state index contributed by atoms with van der Waals surface area (Å²) in [6, 6.07) is 5.26. The van der Waals surface area contributed by atoms with Crippen molar-refractivity contribution in [3.05, 3.63) is 39.9 Å². The van der Waals surface area contributed by atoms with E-state index in [1.165, 1.54) is 18.2 Å². The molecule has 0 spiro atoms. The predicted octanol–water partition coefficient (Wildman–Crippen LogP) is 1.40. The topological polar surface area (TPSA) is 101 Å². The Morgan fingerprint density at radius 1 is 1.32 bits per heavy atom. The van der Waals surface area contributed by atoms with E-state index in [1.807, 2.05) is 13.8 Å². The van der Waals surface area contributed by atoms with Gasteiger partial charge < -0.3 is 0 Å². The molecule has 1 aromatic rings. The fraction of sp³-hybridized carbons (Fsp3) is 0.333. The molecule has 7 nitrogen and oxygen atoms in total. The molecular weight excluding hydrogens is 250 g/mol. The number of nitro groups is 1. The Kier molecular flexibility index (Phi) is 4.99. The van der Waals surface area contributed by atoms with Gasteiger partial charge >= 0.3 is 0 Å². The Morgan fingerprint density at radius 3 is 2.58 bits per heavy atom. The van der Waals surface area contributed by atoms with Gasteiger partial charge in [-0.3, -0.25) is 30.6 Å². The third-order valence-corrected chi connectivity index (χ3v) is 2.23. The number of hydrogen-bond donors (Lipinski definition) is 2. The van der Waals surface area contributed by atoms with E-state index in [-0.39, 0.29) is 29.5 Å². The monoisotopic (exact) mass is 265 g/mol. The molecule has 2 N–H and O–H groups in total.